The van der Waals surface area contributed by atoms with Crippen molar-refractivity contribution < 1.29 is 9.53 Å². The van der Waals surface area contributed by atoms with Crippen molar-refractivity contribution in [3.05, 3.63) is 35.1 Å². The smallest absolute Gasteiger partial charge is 0.235 e. The molecule has 25 heavy (non-hydrogen) atoms. The van der Waals surface area contributed by atoms with Crippen molar-refractivity contribution in [3.8, 4) is 18.1 Å². The van der Waals surface area contributed by atoms with Crippen LogP contribution in [0, 0.1) is 12.3 Å². The van der Waals surface area contributed by atoms with E-state index in [-0.39, 0.29) is 23.6 Å². The van der Waals surface area contributed by atoms with Crippen LogP contribution in [0.4, 0.5) is 0 Å². The van der Waals surface area contributed by atoms with E-state index < -0.39 is 0 Å². The minimum absolute atomic E-state index is 0.0843. The average molecular weight is 342 g/mol. The standard InChI is InChI=1S/C17H22N6O2/c1-7-13-8-15(14(9-20-13)10(2)3)25-11(4)16(21-17(18)19-6)23-22-12(5)24/h1,8-10,23H,6H2,2-5H3,(H2,18,21)(H,22,24)/b16-11-. The number of guanidine groups is 1. The molecule has 1 aromatic rings. The molecule has 0 aliphatic heterocycles. The van der Waals surface area contributed by atoms with E-state index in [2.05, 4.69) is 38.5 Å². The summed E-state index contributed by atoms with van der Waals surface area (Å²) >= 11 is 0. The van der Waals surface area contributed by atoms with E-state index in [1.807, 2.05) is 13.8 Å². The number of nitrogens with two attached hydrogens (primary N) is 1. The fraction of sp³-hybridized carbons (Fsp3) is 0.294. The molecule has 8 nitrogen and oxygen atoms in total. The normalized spacial score (nSPS) is 12.1. The third-order valence-corrected chi connectivity index (χ3v) is 3.01. The number of rotatable bonds is 6. The summed E-state index contributed by atoms with van der Waals surface area (Å²) in [7, 11) is 0. The molecular weight excluding hydrogens is 320 g/mol. The number of aliphatic imine (C=N–C) groups is 2. The lowest BCUT2D eigenvalue weighted by molar-refractivity contribution is -0.119. The Bertz CT molecular complexity index is 759. The van der Waals surface area contributed by atoms with Crippen LogP contribution >= 0.6 is 0 Å². The van der Waals surface area contributed by atoms with Gasteiger partial charge in [0.15, 0.2) is 5.82 Å². The summed E-state index contributed by atoms with van der Waals surface area (Å²) in [6.45, 7) is 10.3. The number of hydrogen-bond donors (Lipinski definition) is 3. The Labute approximate surface area is 147 Å². The monoisotopic (exact) mass is 342 g/mol. The van der Waals surface area contributed by atoms with E-state index in [4.69, 9.17) is 16.9 Å². The third kappa shape index (κ3) is 5.99. The molecule has 132 valence electrons. The van der Waals surface area contributed by atoms with Crippen molar-refractivity contribution in [3.63, 3.8) is 0 Å². The third-order valence-electron chi connectivity index (χ3n) is 3.01. The summed E-state index contributed by atoms with van der Waals surface area (Å²) in [5, 5.41) is 0. The fourth-order valence-electron chi connectivity index (χ4n) is 1.75. The van der Waals surface area contributed by atoms with Gasteiger partial charge in [-0.3, -0.25) is 15.6 Å². The zero-order chi connectivity index (χ0) is 19.0. The maximum absolute atomic E-state index is 11.1. The first kappa shape index (κ1) is 19.7. The topological polar surface area (TPSA) is 114 Å². The number of amides is 1. The number of nitrogens with one attached hydrogen (secondary N) is 2. The van der Waals surface area contributed by atoms with Crippen molar-refractivity contribution in [1.29, 1.82) is 0 Å². The number of hydrazine groups is 1. The zero-order valence-corrected chi connectivity index (χ0v) is 14.8. The molecule has 1 rings (SSSR count). The number of hydrogen-bond acceptors (Lipinski definition) is 5. The van der Waals surface area contributed by atoms with Crippen LogP contribution in [0.25, 0.3) is 0 Å². The molecule has 0 atom stereocenters. The molecule has 0 bridgehead atoms. The first-order valence-corrected chi connectivity index (χ1v) is 7.47. The predicted molar refractivity (Wildman–Crippen MR) is 97.7 cm³/mol. The van der Waals surface area contributed by atoms with E-state index >= 15 is 0 Å². The summed E-state index contributed by atoms with van der Waals surface area (Å²) in [5.41, 5.74) is 11.9. The number of carbonyl (C=O) groups excluding carboxylic acids is 1. The quantitative estimate of drug-likeness (QED) is 0.238. The number of ether oxygens (including phenoxy) is 1. The van der Waals surface area contributed by atoms with Gasteiger partial charge in [0.05, 0.1) is 0 Å². The highest BCUT2D eigenvalue weighted by atomic mass is 16.5. The molecule has 4 N–H and O–H groups in total. The predicted octanol–water partition coefficient (Wildman–Crippen LogP) is 1.41. The Hall–Kier alpha value is -3.34. The lowest BCUT2D eigenvalue weighted by Crippen LogP contribution is -2.36. The highest BCUT2D eigenvalue weighted by molar-refractivity contribution is 5.83. The van der Waals surface area contributed by atoms with Crippen LogP contribution in [0.2, 0.25) is 0 Å². The number of terminal acetylenes is 1. The molecule has 0 spiro atoms. The van der Waals surface area contributed by atoms with E-state index in [1.165, 1.54) is 6.92 Å². The highest BCUT2D eigenvalue weighted by Crippen LogP contribution is 2.28. The number of nitrogens with zero attached hydrogens (tertiary/aromatic N) is 3. The molecule has 1 heterocycles. The second-order valence-electron chi connectivity index (χ2n) is 5.35. The largest absolute Gasteiger partial charge is 0.458 e. The highest BCUT2D eigenvalue weighted by Gasteiger charge is 2.13. The SMILES string of the molecule is C#Cc1cc(O/C(C)=C(/N=C(/N)N=C)NNC(C)=O)c(C(C)C)cn1. The molecule has 0 unspecified atom stereocenters. The van der Waals surface area contributed by atoms with Crippen LogP contribution in [-0.4, -0.2) is 23.6 Å². The van der Waals surface area contributed by atoms with Crippen LogP contribution in [0.3, 0.4) is 0 Å². The van der Waals surface area contributed by atoms with Gasteiger partial charge in [-0.15, -0.1) is 6.42 Å². The lowest BCUT2D eigenvalue weighted by atomic mass is 10.0. The van der Waals surface area contributed by atoms with E-state index in [0.717, 1.165) is 5.56 Å². The second-order valence-corrected chi connectivity index (χ2v) is 5.35. The number of pyridine rings is 1. The van der Waals surface area contributed by atoms with E-state index in [9.17, 15) is 4.79 Å². The molecular formula is C17H22N6O2. The van der Waals surface area contributed by atoms with Crippen LogP contribution in [0.5, 0.6) is 5.75 Å². The molecule has 0 radical (unpaired) electrons. The van der Waals surface area contributed by atoms with Gasteiger partial charge in [0, 0.05) is 24.8 Å². The van der Waals surface area contributed by atoms with Crippen molar-refractivity contribution in [1.82, 2.24) is 15.8 Å². The van der Waals surface area contributed by atoms with Gasteiger partial charge in [0.2, 0.25) is 11.9 Å². The van der Waals surface area contributed by atoms with Crippen LogP contribution in [0.1, 0.15) is 44.9 Å². The number of allylic oxidation sites excluding steroid dienone is 1. The number of aromatic nitrogens is 1. The van der Waals surface area contributed by atoms with Gasteiger partial charge in [0.25, 0.3) is 0 Å². The minimum Gasteiger partial charge on any atom is -0.458 e. The van der Waals surface area contributed by atoms with E-state index in [1.54, 1.807) is 19.2 Å². The summed E-state index contributed by atoms with van der Waals surface area (Å²) < 4.78 is 5.89. The summed E-state index contributed by atoms with van der Waals surface area (Å²) in [6, 6.07) is 1.66. The Morgan fingerprint density at radius 2 is 2.12 bits per heavy atom. The van der Waals surface area contributed by atoms with Gasteiger partial charge in [-0.1, -0.05) is 19.8 Å². The fourth-order valence-corrected chi connectivity index (χ4v) is 1.75. The first-order valence-electron chi connectivity index (χ1n) is 7.47. The molecule has 0 aliphatic rings. The van der Waals surface area contributed by atoms with Crippen LogP contribution in [-0.2, 0) is 4.79 Å². The van der Waals surface area contributed by atoms with Gasteiger partial charge in [0.1, 0.15) is 17.2 Å². The maximum atomic E-state index is 11.1. The van der Waals surface area contributed by atoms with Crippen molar-refractivity contribution in [2.24, 2.45) is 15.7 Å². The van der Waals surface area contributed by atoms with Crippen molar-refractivity contribution in [2.75, 3.05) is 0 Å². The number of carbonyl (C=O) groups is 1. The van der Waals surface area contributed by atoms with Crippen LogP contribution in [0.15, 0.2) is 33.8 Å². The molecule has 0 saturated carbocycles. The zero-order valence-electron chi connectivity index (χ0n) is 14.8. The Balaban J connectivity index is 3.30. The van der Waals surface area contributed by atoms with Gasteiger partial charge in [-0.2, -0.15) is 4.99 Å². The second kappa shape index (κ2) is 9.08. The van der Waals surface area contributed by atoms with Crippen molar-refractivity contribution >= 4 is 18.6 Å². The van der Waals surface area contributed by atoms with Crippen molar-refractivity contribution in [2.45, 2.75) is 33.6 Å². The minimum atomic E-state index is -0.313. The Kier molecular flexibility index (Phi) is 7.16. The Morgan fingerprint density at radius 3 is 2.64 bits per heavy atom. The van der Waals surface area contributed by atoms with Gasteiger partial charge >= 0.3 is 0 Å². The first-order chi connectivity index (χ1) is 11.8. The van der Waals surface area contributed by atoms with Gasteiger partial charge in [-0.25, -0.2) is 9.98 Å². The summed E-state index contributed by atoms with van der Waals surface area (Å²) in [4.78, 5) is 22.8. The lowest BCUT2D eigenvalue weighted by Gasteiger charge is -2.16. The Morgan fingerprint density at radius 1 is 1.44 bits per heavy atom. The molecule has 0 fully saturated rings. The maximum Gasteiger partial charge on any atom is 0.235 e. The molecule has 0 aromatic carbocycles. The van der Waals surface area contributed by atoms with Gasteiger partial charge < -0.3 is 10.5 Å². The molecule has 0 saturated heterocycles. The van der Waals surface area contributed by atoms with Gasteiger partial charge in [-0.05, 0) is 19.6 Å². The molecule has 1 aromatic heterocycles. The van der Waals surface area contributed by atoms with Crippen LogP contribution < -0.4 is 21.3 Å². The summed E-state index contributed by atoms with van der Waals surface area (Å²) in [5.74, 6) is 3.29. The summed E-state index contributed by atoms with van der Waals surface area (Å²) in [6.07, 6.45) is 7.08. The molecule has 1 amide bonds. The average Bonchev–Trinajstić information content (AvgIpc) is 2.57. The molecule has 8 heteroatoms. The molecule has 0 aliphatic carbocycles. The van der Waals surface area contributed by atoms with E-state index in [0.29, 0.717) is 17.2 Å².